The smallest absolute Gasteiger partial charge is 0.139 e. The molecule has 1 aromatic carbocycles. The Bertz CT molecular complexity index is 542. The predicted molar refractivity (Wildman–Crippen MR) is 72.9 cm³/mol. The number of nitrogens with one attached hydrogen (secondary N) is 1. The van der Waals surface area contributed by atoms with Crippen LogP contribution in [0.5, 0.6) is 0 Å². The fraction of sp³-hybridized carbons (Fsp3) is 0.462. The number of benzene rings is 1. The van der Waals surface area contributed by atoms with Gasteiger partial charge in [0.15, 0.2) is 0 Å². The summed E-state index contributed by atoms with van der Waals surface area (Å²) in [4.78, 5) is 7.79. The Hall–Kier alpha value is -0.940. The third kappa shape index (κ3) is 2.17. The molecule has 5 heteroatoms. The number of fused-ring (bicyclic) bond motifs is 1. The standard InChI is InChI=1S/C13H15BrFN3/c14-9-5-11-12(6-10(9)15)18-13(17-11)7-2-1-3-8(16)4-7/h5-8H,1-4,16H2,(H,17,18). The van der Waals surface area contributed by atoms with E-state index in [-0.39, 0.29) is 11.9 Å². The maximum absolute atomic E-state index is 13.4. The first kappa shape index (κ1) is 12.1. The molecule has 96 valence electrons. The summed E-state index contributed by atoms with van der Waals surface area (Å²) < 4.78 is 13.9. The van der Waals surface area contributed by atoms with E-state index in [9.17, 15) is 4.39 Å². The first-order valence-electron chi connectivity index (χ1n) is 6.23. The van der Waals surface area contributed by atoms with Gasteiger partial charge in [-0.2, -0.15) is 0 Å². The molecule has 2 aromatic rings. The van der Waals surface area contributed by atoms with Gasteiger partial charge >= 0.3 is 0 Å². The molecular weight excluding hydrogens is 297 g/mol. The van der Waals surface area contributed by atoms with E-state index in [1.807, 2.05) is 0 Å². The van der Waals surface area contributed by atoms with Gasteiger partial charge in [0, 0.05) is 18.0 Å². The number of rotatable bonds is 1. The van der Waals surface area contributed by atoms with Gasteiger partial charge in [-0.15, -0.1) is 0 Å². The summed E-state index contributed by atoms with van der Waals surface area (Å²) in [5.41, 5.74) is 7.55. The highest BCUT2D eigenvalue weighted by molar-refractivity contribution is 9.10. The monoisotopic (exact) mass is 311 g/mol. The molecule has 0 aliphatic heterocycles. The van der Waals surface area contributed by atoms with E-state index in [1.54, 1.807) is 6.07 Å². The highest BCUT2D eigenvalue weighted by atomic mass is 79.9. The zero-order valence-corrected chi connectivity index (χ0v) is 11.5. The molecule has 0 radical (unpaired) electrons. The third-order valence-electron chi connectivity index (χ3n) is 3.64. The number of aromatic amines is 1. The van der Waals surface area contributed by atoms with Gasteiger partial charge in [-0.25, -0.2) is 9.37 Å². The molecule has 1 fully saturated rings. The largest absolute Gasteiger partial charge is 0.342 e. The van der Waals surface area contributed by atoms with Crippen LogP contribution < -0.4 is 5.73 Å². The van der Waals surface area contributed by atoms with E-state index in [2.05, 4.69) is 25.9 Å². The zero-order chi connectivity index (χ0) is 12.7. The second-order valence-corrected chi connectivity index (χ2v) is 5.88. The van der Waals surface area contributed by atoms with Gasteiger partial charge in [-0.3, -0.25) is 0 Å². The van der Waals surface area contributed by atoms with Crippen molar-refractivity contribution < 1.29 is 4.39 Å². The molecule has 1 aromatic heterocycles. The summed E-state index contributed by atoms with van der Waals surface area (Å²) >= 11 is 3.18. The molecule has 1 aliphatic carbocycles. The Morgan fingerprint density at radius 2 is 2.22 bits per heavy atom. The van der Waals surface area contributed by atoms with Crippen molar-refractivity contribution in [3.63, 3.8) is 0 Å². The van der Waals surface area contributed by atoms with Crippen molar-refractivity contribution in [2.75, 3.05) is 0 Å². The lowest BCUT2D eigenvalue weighted by Gasteiger charge is -2.24. The Kier molecular flexibility index (Phi) is 3.11. The maximum atomic E-state index is 13.4. The van der Waals surface area contributed by atoms with Crippen molar-refractivity contribution in [3.05, 3.63) is 28.2 Å². The fourth-order valence-electron chi connectivity index (χ4n) is 2.69. The topological polar surface area (TPSA) is 54.7 Å². The van der Waals surface area contributed by atoms with Crippen LogP contribution in [-0.4, -0.2) is 16.0 Å². The number of nitrogens with zero attached hydrogens (tertiary/aromatic N) is 1. The van der Waals surface area contributed by atoms with Crippen LogP contribution in [0.4, 0.5) is 4.39 Å². The Labute approximate surface area is 113 Å². The van der Waals surface area contributed by atoms with Crippen molar-refractivity contribution in [2.24, 2.45) is 5.73 Å². The molecule has 0 amide bonds. The summed E-state index contributed by atoms with van der Waals surface area (Å²) in [6.45, 7) is 0. The van der Waals surface area contributed by atoms with Gasteiger partial charge in [-0.05, 0) is 41.3 Å². The Balaban J connectivity index is 1.97. The molecule has 0 saturated heterocycles. The molecular formula is C13H15BrFN3. The van der Waals surface area contributed by atoms with E-state index in [1.165, 1.54) is 6.07 Å². The second kappa shape index (κ2) is 4.63. The van der Waals surface area contributed by atoms with E-state index in [0.717, 1.165) is 42.5 Å². The van der Waals surface area contributed by atoms with Gasteiger partial charge in [0.1, 0.15) is 11.6 Å². The van der Waals surface area contributed by atoms with E-state index >= 15 is 0 Å². The lowest BCUT2D eigenvalue weighted by molar-refractivity contribution is 0.384. The fourth-order valence-corrected chi connectivity index (χ4v) is 3.03. The number of H-pyrrole nitrogens is 1. The molecule has 18 heavy (non-hydrogen) atoms. The van der Waals surface area contributed by atoms with Gasteiger partial charge in [-0.1, -0.05) is 6.42 Å². The van der Waals surface area contributed by atoms with Crippen molar-refractivity contribution in [1.82, 2.24) is 9.97 Å². The van der Waals surface area contributed by atoms with Crippen molar-refractivity contribution >= 4 is 27.0 Å². The number of hydrogen-bond donors (Lipinski definition) is 2. The van der Waals surface area contributed by atoms with Crippen LogP contribution >= 0.6 is 15.9 Å². The van der Waals surface area contributed by atoms with Crippen LogP contribution in [0.1, 0.15) is 37.4 Å². The average Bonchev–Trinajstić information content (AvgIpc) is 2.73. The van der Waals surface area contributed by atoms with Crippen LogP contribution in [-0.2, 0) is 0 Å². The quantitative estimate of drug-likeness (QED) is 0.847. The van der Waals surface area contributed by atoms with E-state index in [4.69, 9.17) is 5.73 Å². The average molecular weight is 312 g/mol. The SMILES string of the molecule is NC1CCCC(c2nc3cc(Br)c(F)cc3[nH]2)C1. The first-order chi connectivity index (χ1) is 8.63. The minimum absolute atomic E-state index is 0.264. The Morgan fingerprint density at radius 1 is 1.39 bits per heavy atom. The summed E-state index contributed by atoms with van der Waals surface area (Å²) in [5.74, 6) is 1.05. The van der Waals surface area contributed by atoms with Crippen LogP contribution in [0.15, 0.2) is 16.6 Å². The van der Waals surface area contributed by atoms with Gasteiger partial charge in [0.2, 0.25) is 0 Å². The van der Waals surface area contributed by atoms with Crippen LogP contribution in [0.2, 0.25) is 0 Å². The minimum atomic E-state index is -0.266. The molecule has 1 saturated carbocycles. The Morgan fingerprint density at radius 3 is 3.00 bits per heavy atom. The molecule has 2 unspecified atom stereocenters. The van der Waals surface area contributed by atoms with Gasteiger partial charge < -0.3 is 10.7 Å². The lowest BCUT2D eigenvalue weighted by atomic mass is 9.86. The molecule has 0 spiro atoms. The molecule has 1 aliphatic rings. The zero-order valence-electron chi connectivity index (χ0n) is 9.92. The highest BCUT2D eigenvalue weighted by Gasteiger charge is 2.23. The second-order valence-electron chi connectivity index (χ2n) is 5.03. The number of hydrogen-bond acceptors (Lipinski definition) is 2. The van der Waals surface area contributed by atoms with Crippen molar-refractivity contribution in [2.45, 2.75) is 37.6 Å². The van der Waals surface area contributed by atoms with E-state index < -0.39 is 0 Å². The van der Waals surface area contributed by atoms with Crippen LogP contribution in [0, 0.1) is 5.82 Å². The van der Waals surface area contributed by atoms with Gasteiger partial charge in [0.05, 0.1) is 15.5 Å². The predicted octanol–water partition coefficient (Wildman–Crippen LogP) is 3.45. The summed E-state index contributed by atoms with van der Waals surface area (Å²) in [7, 11) is 0. The minimum Gasteiger partial charge on any atom is -0.342 e. The number of imidazole rings is 1. The number of halogens is 2. The molecule has 0 bridgehead atoms. The molecule has 3 rings (SSSR count). The number of nitrogens with two attached hydrogens (primary N) is 1. The summed E-state index contributed by atoms with van der Waals surface area (Å²) in [6, 6.07) is 3.46. The van der Waals surface area contributed by atoms with Crippen LogP contribution in [0.3, 0.4) is 0 Å². The number of aromatic nitrogens is 2. The van der Waals surface area contributed by atoms with Crippen molar-refractivity contribution in [3.8, 4) is 0 Å². The highest BCUT2D eigenvalue weighted by Crippen LogP contribution is 2.32. The molecule has 3 N–H and O–H groups in total. The first-order valence-corrected chi connectivity index (χ1v) is 7.03. The summed E-state index contributed by atoms with van der Waals surface area (Å²) in [6.07, 6.45) is 4.30. The third-order valence-corrected chi connectivity index (χ3v) is 4.25. The maximum Gasteiger partial charge on any atom is 0.139 e. The molecule has 2 atom stereocenters. The summed E-state index contributed by atoms with van der Waals surface area (Å²) in [5, 5.41) is 0. The van der Waals surface area contributed by atoms with E-state index in [0.29, 0.717) is 10.4 Å². The van der Waals surface area contributed by atoms with Gasteiger partial charge in [0.25, 0.3) is 0 Å². The molecule has 3 nitrogen and oxygen atoms in total. The normalized spacial score (nSPS) is 24.6. The van der Waals surface area contributed by atoms with Crippen molar-refractivity contribution in [1.29, 1.82) is 0 Å². The lowest BCUT2D eigenvalue weighted by Crippen LogP contribution is -2.27. The molecule has 1 heterocycles. The van der Waals surface area contributed by atoms with Crippen LogP contribution in [0.25, 0.3) is 11.0 Å².